The zero-order valence-electron chi connectivity index (χ0n) is 8.47. The number of nitrogens with zero attached hydrogens (tertiary/aromatic N) is 1. The van der Waals surface area contributed by atoms with Crippen molar-refractivity contribution in [2.75, 3.05) is 0 Å². The van der Waals surface area contributed by atoms with Crippen LogP contribution in [0.25, 0.3) is 0 Å². The van der Waals surface area contributed by atoms with Gasteiger partial charge in [-0.05, 0) is 13.8 Å². The normalized spacial score (nSPS) is 11.7. The molecule has 0 radical (unpaired) electrons. The summed E-state index contributed by atoms with van der Waals surface area (Å²) in [7, 11) is -2.95. The molecule has 0 atom stereocenters. The Labute approximate surface area is 86.9 Å². The Bertz CT molecular complexity index is 526. The summed E-state index contributed by atoms with van der Waals surface area (Å²) < 4.78 is 32.2. The van der Waals surface area contributed by atoms with Crippen molar-refractivity contribution >= 4 is 16.1 Å². The van der Waals surface area contributed by atoms with Gasteiger partial charge in [-0.1, -0.05) is 0 Å². The molecule has 0 aliphatic carbocycles. The summed E-state index contributed by atoms with van der Waals surface area (Å²) in [5.74, 6) is -1.23. The number of aromatic carboxylic acids is 1. The van der Waals surface area contributed by atoms with Crippen LogP contribution in [0, 0.1) is 13.8 Å². The molecule has 2 N–H and O–H groups in total. The lowest BCUT2D eigenvalue weighted by atomic mass is 10.2. The average molecular weight is 233 g/mol. The largest absolute Gasteiger partial charge is 0.477 e. The van der Waals surface area contributed by atoms with E-state index in [9.17, 15) is 13.2 Å². The fourth-order valence-corrected chi connectivity index (χ4v) is 2.63. The lowest BCUT2D eigenvalue weighted by Gasteiger charge is -1.99. The van der Waals surface area contributed by atoms with Gasteiger partial charge in [0.2, 0.25) is 0 Å². The first-order valence-corrected chi connectivity index (χ1v) is 5.48. The lowest BCUT2D eigenvalue weighted by molar-refractivity contribution is 0.0685. The van der Waals surface area contributed by atoms with E-state index in [0.29, 0.717) is 0 Å². The zero-order chi connectivity index (χ0) is 12.0. The van der Waals surface area contributed by atoms with Gasteiger partial charge in [-0.25, -0.2) is 4.79 Å². The molecule has 0 saturated heterocycles. The van der Waals surface area contributed by atoms with Crippen LogP contribution in [0.15, 0.2) is 4.90 Å². The van der Waals surface area contributed by atoms with Crippen molar-refractivity contribution in [1.29, 1.82) is 0 Å². The molecular formula is C8H11NO5S. The molecule has 0 unspecified atom stereocenters. The van der Waals surface area contributed by atoms with Crippen LogP contribution in [0.3, 0.4) is 0 Å². The minimum Gasteiger partial charge on any atom is -0.477 e. The molecule has 6 nitrogen and oxygen atoms in total. The third-order valence-corrected chi connectivity index (χ3v) is 3.44. The fourth-order valence-electron chi connectivity index (χ4n) is 1.63. The number of hydrogen-bond acceptors (Lipinski definition) is 3. The number of hydrogen-bond donors (Lipinski definition) is 2. The predicted molar refractivity (Wildman–Crippen MR) is 51.7 cm³/mol. The number of aromatic nitrogens is 1. The third kappa shape index (κ3) is 1.75. The summed E-state index contributed by atoms with van der Waals surface area (Å²) in [6, 6.07) is 0. The van der Waals surface area contributed by atoms with Crippen molar-refractivity contribution < 1.29 is 22.9 Å². The van der Waals surface area contributed by atoms with E-state index in [4.69, 9.17) is 9.66 Å². The van der Waals surface area contributed by atoms with Crippen molar-refractivity contribution in [2.45, 2.75) is 18.7 Å². The maximum Gasteiger partial charge on any atom is 0.352 e. The quantitative estimate of drug-likeness (QED) is 0.728. The first-order chi connectivity index (χ1) is 6.68. The lowest BCUT2D eigenvalue weighted by Crippen LogP contribution is -2.06. The van der Waals surface area contributed by atoms with Crippen LogP contribution in [0.4, 0.5) is 0 Å². The molecule has 0 saturated carbocycles. The molecule has 1 rings (SSSR count). The Hall–Kier alpha value is -1.34. The maximum atomic E-state index is 11.0. The first-order valence-electron chi connectivity index (χ1n) is 4.04. The van der Waals surface area contributed by atoms with E-state index >= 15 is 0 Å². The van der Waals surface area contributed by atoms with Crippen LogP contribution < -0.4 is 0 Å². The molecule has 1 aromatic heterocycles. The second kappa shape index (κ2) is 3.35. The standard InChI is InChI=1S/C8H11NO5S/c1-4-6(8(10)11)9(3)5(2)7(4)15(12,13)14/h1-3H3,(H,10,11)(H,12,13,14). The highest BCUT2D eigenvalue weighted by Crippen LogP contribution is 2.25. The van der Waals surface area contributed by atoms with E-state index < -0.39 is 16.1 Å². The van der Waals surface area contributed by atoms with Gasteiger partial charge in [0.1, 0.15) is 10.6 Å². The van der Waals surface area contributed by atoms with E-state index in [0.717, 1.165) is 0 Å². The van der Waals surface area contributed by atoms with Gasteiger partial charge in [-0.2, -0.15) is 8.42 Å². The Morgan fingerprint density at radius 2 is 1.80 bits per heavy atom. The Balaban J connectivity index is 3.73. The molecule has 7 heteroatoms. The molecule has 0 fully saturated rings. The summed E-state index contributed by atoms with van der Waals surface area (Å²) in [4.78, 5) is 10.5. The minimum absolute atomic E-state index is 0.0463. The molecule has 84 valence electrons. The molecule has 15 heavy (non-hydrogen) atoms. The summed E-state index contributed by atoms with van der Waals surface area (Å²) >= 11 is 0. The van der Waals surface area contributed by atoms with Crippen LogP contribution in [0.2, 0.25) is 0 Å². The van der Waals surface area contributed by atoms with Crippen molar-refractivity contribution in [3.8, 4) is 0 Å². The zero-order valence-corrected chi connectivity index (χ0v) is 9.29. The van der Waals surface area contributed by atoms with Crippen molar-refractivity contribution in [3.05, 3.63) is 17.0 Å². The highest BCUT2D eigenvalue weighted by molar-refractivity contribution is 7.86. The van der Waals surface area contributed by atoms with Gasteiger partial charge >= 0.3 is 5.97 Å². The highest BCUT2D eigenvalue weighted by Gasteiger charge is 2.26. The summed E-state index contributed by atoms with van der Waals surface area (Å²) in [6.07, 6.45) is 0. The van der Waals surface area contributed by atoms with Gasteiger partial charge in [0.25, 0.3) is 10.1 Å². The minimum atomic E-state index is -4.38. The SMILES string of the molecule is Cc1c(S(=O)(=O)O)c(C)n(C)c1C(=O)O. The van der Waals surface area contributed by atoms with Gasteiger partial charge in [-0.15, -0.1) is 0 Å². The number of carboxylic acids is 1. The van der Waals surface area contributed by atoms with Crippen LogP contribution >= 0.6 is 0 Å². The second-order valence-corrected chi connectivity index (χ2v) is 4.59. The first kappa shape index (κ1) is 11.7. The fraction of sp³-hybridized carbons (Fsp3) is 0.375. The van der Waals surface area contributed by atoms with E-state index in [1.165, 1.54) is 25.5 Å². The molecule has 1 aromatic rings. The van der Waals surface area contributed by atoms with Gasteiger partial charge < -0.3 is 9.67 Å². The monoisotopic (exact) mass is 233 g/mol. The van der Waals surface area contributed by atoms with Gasteiger partial charge in [0.05, 0.1) is 0 Å². The highest BCUT2D eigenvalue weighted by atomic mass is 32.2. The van der Waals surface area contributed by atoms with E-state index in [1.807, 2.05) is 0 Å². The Morgan fingerprint density at radius 3 is 2.00 bits per heavy atom. The topological polar surface area (TPSA) is 96.6 Å². The van der Waals surface area contributed by atoms with Crippen molar-refractivity contribution in [3.63, 3.8) is 0 Å². The molecule has 0 amide bonds. The summed E-state index contributed by atoms with van der Waals surface area (Å²) in [6.45, 7) is 2.78. The number of rotatable bonds is 2. The molecule has 0 aliphatic rings. The molecular weight excluding hydrogens is 222 g/mol. The third-order valence-electron chi connectivity index (χ3n) is 2.32. The molecule has 1 heterocycles. The second-order valence-electron chi connectivity index (χ2n) is 3.23. The van der Waals surface area contributed by atoms with Crippen LogP contribution in [-0.4, -0.2) is 28.6 Å². The average Bonchev–Trinajstić information content (AvgIpc) is 2.21. The van der Waals surface area contributed by atoms with Crippen molar-refractivity contribution in [2.24, 2.45) is 7.05 Å². The number of carbonyl (C=O) groups is 1. The van der Waals surface area contributed by atoms with E-state index in [2.05, 4.69) is 0 Å². The van der Waals surface area contributed by atoms with Crippen molar-refractivity contribution in [1.82, 2.24) is 4.57 Å². The summed E-state index contributed by atoms with van der Waals surface area (Å²) in [5.41, 5.74) is 0.109. The molecule has 0 aromatic carbocycles. The van der Waals surface area contributed by atoms with Gasteiger partial charge in [0, 0.05) is 18.3 Å². The molecule has 0 spiro atoms. The van der Waals surface area contributed by atoms with E-state index in [-0.39, 0.29) is 21.8 Å². The molecule has 0 aliphatic heterocycles. The van der Waals surface area contributed by atoms with Crippen LogP contribution in [-0.2, 0) is 17.2 Å². The smallest absolute Gasteiger partial charge is 0.352 e. The Kier molecular flexibility index (Phi) is 2.62. The maximum absolute atomic E-state index is 11.0. The predicted octanol–water partition coefficient (Wildman–Crippen LogP) is 0.587. The van der Waals surface area contributed by atoms with Gasteiger partial charge in [0.15, 0.2) is 0 Å². The Morgan fingerprint density at radius 1 is 1.33 bits per heavy atom. The van der Waals surface area contributed by atoms with Crippen LogP contribution in [0.5, 0.6) is 0 Å². The van der Waals surface area contributed by atoms with Crippen LogP contribution in [0.1, 0.15) is 21.7 Å². The molecule has 0 bridgehead atoms. The number of carboxylic acid groups (broad SMARTS) is 1. The van der Waals surface area contributed by atoms with Gasteiger partial charge in [-0.3, -0.25) is 4.55 Å². The van der Waals surface area contributed by atoms with E-state index in [1.54, 1.807) is 0 Å². The summed E-state index contributed by atoms with van der Waals surface area (Å²) in [5, 5.41) is 8.85.